The molecule has 1 aromatic rings. The Morgan fingerprint density at radius 2 is 2.06 bits per heavy atom. The molecule has 3 nitrogen and oxygen atoms in total. The number of amides is 1. The second kappa shape index (κ2) is 3.43. The van der Waals surface area contributed by atoms with Crippen molar-refractivity contribution in [3.63, 3.8) is 0 Å². The van der Waals surface area contributed by atoms with Gasteiger partial charge >= 0.3 is 0 Å². The molecule has 2 rings (SSSR count). The average molecular weight is 226 g/mol. The van der Waals surface area contributed by atoms with Crippen molar-refractivity contribution in [3.8, 4) is 0 Å². The monoisotopic (exact) mass is 226 g/mol. The molecule has 5 heteroatoms. The van der Waals surface area contributed by atoms with Crippen molar-refractivity contribution >= 4 is 11.6 Å². The van der Waals surface area contributed by atoms with Crippen LogP contribution in [-0.2, 0) is 0 Å². The summed E-state index contributed by atoms with van der Waals surface area (Å²) in [7, 11) is 0. The van der Waals surface area contributed by atoms with Gasteiger partial charge in [0.15, 0.2) is 0 Å². The number of benzene rings is 1. The molecule has 0 spiro atoms. The molecule has 0 atom stereocenters. The Morgan fingerprint density at radius 3 is 2.56 bits per heavy atom. The minimum atomic E-state index is -2.73. The number of rotatable bonds is 1. The largest absolute Gasteiger partial charge is 0.398 e. The van der Waals surface area contributed by atoms with Crippen LogP contribution in [0.15, 0.2) is 18.2 Å². The standard InChI is InChI=1S/C11H12F2N2O/c1-7-2-3-8(4-9(7)14)10(16)15-5-11(12,13)6-15/h2-4H,5-6,14H2,1H3. The smallest absolute Gasteiger partial charge is 0.282 e. The van der Waals surface area contributed by atoms with E-state index in [-0.39, 0.29) is 0 Å². The van der Waals surface area contributed by atoms with E-state index in [4.69, 9.17) is 5.73 Å². The van der Waals surface area contributed by atoms with Crippen molar-refractivity contribution in [2.75, 3.05) is 18.8 Å². The van der Waals surface area contributed by atoms with Crippen molar-refractivity contribution in [2.45, 2.75) is 12.8 Å². The molecule has 0 unspecified atom stereocenters. The molecule has 86 valence electrons. The van der Waals surface area contributed by atoms with E-state index in [0.717, 1.165) is 10.5 Å². The number of carbonyl (C=O) groups is 1. The lowest BCUT2D eigenvalue weighted by Crippen LogP contribution is -2.58. The molecule has 0 aromatic heterocycles. The van der Waals surface area contributed by atoms with E-state index in [9.17, 15) is 13.6 Å². The number of alkyl halides is 2. The van der Waals surface area contributed by atoms with Crippen LogP contribution in [0, 0.1) is 6.92 Å². The van der Waals surface area contributed by atoms with Crippen LogP contribution in [0.2, 0.25) is 0 Å². The molecule has 2 N–H and O–H groups in total. The fourth-order valence-corrected chi connectivity index (χ4v) is 1.61. The third kappa shape index (κ3) is 1.85. The van der Waals surface area contributed by atoms with Gasteiger partial charge in [-0.05, 0) is 24.6 Å². The van der Waals surface area contributed by atoms with E-state index >= 15 is 0 Å². The highest BCUT2D eigenvalue weighted by Gasteiger charge is 2.46. The molecule has 1 aromatic carbocycles. The van der Waals surface area contributed by atoms with E-state index in [2.05, 4.69) is 0 Å². The summed E-state index contributed by atoms with van der Waals surface area (Å²) in [5.41, 5.74) is 7.38. The zero-order chi connectivity index (χ0) is 11.9. The minimum Gasteiger partial charge on any atom is -0.398 e. The highest BCUT2D eigenvalue weighted by molar-refractivity contribution is 5.95. The van der Waals surface area contributed by atoms with Crippen molar-refractivity contribution in [1.82, 2.24) is 4.90 Å². The Hall–Kier alpha value is -1.65. The van der Waals surface area contributed by atoms with Gasteiger partial charge in [-0.1, -0.05) is 6.07 Å². The molecule has 1 aliphatic rings. The highest BCUT2D eigenvalue weighted by Crippen LogP contribution is 2.28. The highest BCUT2D eigenvalue weighted by atomic mass is 19.3. The molecule has 1 amide bonds. The first-order valence-electron chi connectivity index (χ1n) is 4.92. The third-order valence-electron chi connectivity index (χ3n) is 2.66. The number of nitrogens with two attached hydrogens (primary N) is 1. The number of nitrogens with zero attached hydrogens (tertiary/aromatic N) is 1. The minimum absolute atomic E-state index is 0.360. The van der Waals surface area contributed by atoms with Crippen molar-refractivity contribution in [2.24, 2.45) is 0 Å². The maximum Gasteiger partial charge on any atom is 0.282 e. The zero-order valence-electron chi connectivity index (χ0n) is 8.84. The lowest BCUT2D eigenvalue weighted by atomic mass is 10.1. The van der Waals surface area contributed by atoms with Crippen molar-refractivity contribution < 1.29 is 13.6 Å². The second-order valence-corrected chi connectivity index (χ2v) is 4.09. The Balaban J connectivity index is 2.13. The average Bonchev–Trinajstić information content (AvgIpc) is 2.17. The van der Waals surface area contributed by atoms with Crippen molar-refractivity contribution in [3.05, 3.63) is 29.3 Å². The number of likely N-dealkylation sites (tertiary alicyclic amines) is 1. The number of aryl methyl sites for hydroxylation is 1. The second-order valence-electron chi connectivity index (χ2n) is 4.09. The van der Waals surface area contributed by atoms with Crippen LogP contribution in [0.25, 0.3) is 0 Å². The molecule has 1 heterocycles. The quantitative estimate of drug-likeness (QED) is 0.740. The van der Waals surface area contributed by atoms with Gasteiger partial charge in [-0.3, -0.25) is 4.79 Å². The fraction of sp³-hybridized carbons (Fsp3) is 0.364. The molecule has 0 saturated carbocycles. The SMILES string of the molecule is Cc1ccc(C(=O)N2CC(F)(F)C2)cc1N. The Labute approximate surface area is 91.8 Å². The van der Waals surface area contributed by atoms with Gasteiger partial charge in [-0.25, -0.2) is 8.78 Å². The first-order chi connectivity index (χ1) is 7.39. The summed E-state index contributed by atoms with van der Waals surface area (Å²) >= 11 is 0. The van der Waals surface area contributed by atoms with E-state index in [0.29, 0.717) is 11.3 Å². The van der Waals surface area contributed by atoms with E-state index < -0.39 is 24.9 Å². The molecule has 16 heavy (non-hydrogen) atoms. The van der Waals surface area contributed by atoms with Crippen LogP contribution in [0.3, 0.4) is 0 Å². The number of hydrogen-bond acceptors (Lipinski definition) is 2. The predicted molar refractivity (Wildman–Crippen MR) is 56.4 cm³/mol. The Kier molecular flexibility index (Phi) is 2.33. The van der Waals surface area contributed by atoms with Crippen LogP contribution < -0.4 is 5.73 Å². The van der Waals surface area contributed by atoms with Crippen LogP contribution in [0.1, 0.15) is 15.9 Å². The Bertz CT molecular complexity index is 438. The van der Waals surface area contributed by atoms with Gasteiger partial charge in [-0.2, -0.15) is 0 Å². The van der Waals surface area contributed by atoms with Gasteiger partial charge < -0.3 is 10.6 Å². The normalized spacial score (nSPS) is 18.1. The van der Waals surface area contributed by atoms with E-state index in [1.54, 1.807) is 12.1 Å². The van der Waals surface area contributed by atoms with Crippen LogP contribution in [0.4, 0.5) is 14.5 Å². The molecule has 1 aliphatic heterocycles. The molecule has 0 radical (unpaired) electrons. The molecule has 1 saturated heterocycles. The van der Waals surface area contributed by atoms with Gasteiger partial charge in [-0.15, -0.1) is 0 Å². The fourth-order valence-electron chi connectivity index (χ4n) is 1.61. The number of carbonyl (C=O) groups excluding carboxylic acids is 1. The van der Waals surface area contributed by atoms with Gasteiger partial charge in [0.05, 0.1) is 13.1 Å². The molecule has 0 aliphatic carbocycles. The van der Waals surface area contributed by atoms with Gasteiger partial charge in [0.2, 0.25) is 0 Å². The summed E-state index contributed by atoms with van der Waals surface area (Å²) in [6, 6.07) is 4.83. The third-order valence-corrected chi connectivity index (χ3v) is 2.66. The summed E-state index contributed by atoms with van der Waals surface area (Å²) in [4.78, 5) is 12.8. The van der Waals surface area contributed by atoms with E-state index in [1.165, 1.54) is 6.07 Å². The van der Waals surface area contributed by atoms with Gasteiger partial charge in [0.1, 0.15) is 0 Å². The maximum absolute atomic E-state index is 12.6. The zero-order valence-corrected chi connectivity index (χ0v) is 8.84. The first kappa shape index (κ1) is 10.9. The number of hydrogen-bond donors (Lipinski definition) is 1. The van der Waals surface area contributed by atoms with Gasteiger partial charge in [0, 0.05) is 11.3 Å². The first-order valence-corrected chi connectivity index (χ1v) is 4.92. The van der Waals surface area contributed by atoms with Crippen LogP contribution in [-0.4, -0.2) is 29.8 Å². The summed E-state index contributed by atoms with van der Waals surface area (Å²) < 4.78 is 25.2. The summed E-state index contributed by atoms with van der Waals surface area (Å²) in [6.07, 6.45) is 0. The van der Waals surface area contributed by atoms with Crippen LogP contribution in [0.5, 0.6) is 0 Å². The summed E-state index contributed by atoms with van der Waals surface area (Å²) in [6.45, 7) is 0.820. The molecule has 0 bridgehead atoms. The predicted octanol–water partition coefficient (Wildman–Crippen LogP) is 1.67. The number of nitrogen functional groups attached to an aromatic ring is 1. The number of halogens is 2. The van der Waals surface area contributed by atoms with Gasteiger partial charge in [0.25, 0.3) is 11.8 Å². The molecular weight excluding hydrogens is 214 g/mol. The van der Waals surface area contributed by atoms with E-state index in [1.807, 2.05) is 6.92 Å². The summed E-state index contributed by atoms with van der Waals surface area (Å²) in [5.74, 6) is -3.12. The summed E-state index contributed by atoms with van der Waals surface area (Å²) in [5, 5.41) is 0. The van der Waals surface area contributed by atoms with Crippen molar-refractivity contribution in [1.29, 1.82) is 0 Å². The lowest BCUT2D eigenvalue weighted by molar-refractivity contribution is -0.113. The number of anilines is 1. The van der Waals surface area contributed by atoms with Crippen LogP contribution >= 0.6 is 0 Å². The topological polar surface area (TPSA) is 46.3 Å². The lowest BCUT2D eigenvalue weighted by Gasteiger charge is -2.38. The Morgan fingerprint density at radius 1 is 1.44 bits per heavy atom. The molecule has 1 fully saturated rings. The maximum atomic E-state index is 12.6. The molecular formula is C11H12F2N2O.